The summed E-state index contributed by atoms with van der Waals surface area (Å²) in [4.78, 5) is 6.75. The van der Waals surface area contributed by atoms with Gasteiger partial charge in [-0.3, -0.25) is 0 Å². The average Bonchev–Trinajstić information content (AvgIpc) is 2.70. The minimum atomic E-state index is 0.915. The van der Waals surface area contributed by atoms with Gasteiger partial charge >= 0.3 is 0 Å². The lowest BCUT2D eigenvalue weighted by atomic mass is 10.3. The van der Waals surface area contributed by atoms with Crippen molar-refractivity contribution in [3.05, 3.63) is 16.1 Å². The van der Waals surface area contributed by atoms with Crippen molar-refractivity contribution >= 4 is 11.3 Å². The zero-order chi connectivity index (χ0) is 11.8. The summed E-state index contributed by atoms with van der Waals surface area (Å²) in [6.07, 6.45) is 3.55. The zero-order valence-corrected chi connectivity index (χ0v) is 11.4. The van der Waals surface area contributed by atoms with Gasteiger partial charge in [-0.05, 0) is 46.4 Å². The monoisotopic (exact) mass is 241 g/mol. The highest BCUT2D eigenvalue weighted by molar-refractivity contribution is 7.09. The van der Waals surface area contributed by atoms with Gasteiger partial charge in [0.1, 0.15) is 0 Å². The van der Waals surface area contributed by atoms with Crippen LogP contribution in [-0.4, -0.2) is 37.1 Å². The Morgan fingerprint density at radius 3 is 2.81 bits per heavy atom. The predicted octanol–water partition coefficient (Wildman–Crippen LogP) is 2.14. The molecular formula is C12H23N3S. The molecular weight excluding hydrogens is 218 g/mol. The third-order valence-corrected chi connectivity index (χ3v) is 3.46. The van der Waals surface area contributed by atoms with Gasteiger partial charge in [-0.2, -0.15) is 0 Å². The van der Waals surface area contributed by atoms with Gasteiger partial charge in [0.25, 0.3) is 0 Å². The maximum absolute atomic E-state index is 4.52. The quantitative estimate of drug-likeness (QED) is 0.707. The highest BCUT2D eigenvalue weighted by Crippen LogP contribution is 2.09. The summed E-state index contributed by atoms with van der Waals surface area (Å²) >= 11 is 1.76. The van der Waals surface area contributed by atoms with Crippen molar-refractivity contribution in [2.75, 3.05) is 27.2 Å². The second kappa shape index (κ2) is 7.76. The van der Waals surface area contributed by atoms with Gasteiger partial charge in [0, 0.05) is 11.9 Å². The maximum Gasteiger partial charge on any atom is 0.0926 e. The van der Waals surface area contributed by atoms with E-state index in [1.54, 1.807) is 11.3 Å². The number of aryl methyl sites for hydroxylation is 1. The van der Waals surface area contributed by atoms with E-state index in [2.05, 4.69) is 41.6 Å². The molecule has 1 rings (SSSR count). The van der Waals surface area contributed by atoms with Crippen LogP contribution in [0.5, 0.6) is 0 Å². The number of aromatic nitrogens is 1. The summed E-state index contributed by atoms with van der Waals surface area (Å²) in [5, 5.41) is 6.84. The lowest BCUT2D eigenvalue weighted by molar-refractivity contribution is 0.391. The fourth-order valence-electron chi connectivity index (χ4n) is 1.49. The predicted molar refractivity (Wildman–Crippen MR) is 71.0 cm³/mol. The van der Waals surface area contributed by atoms with Crippen LogP contribution >= 0.6 is 11.3 Å². The van der Waals surface area contributed by atoms with Crippen LogP contribution in [0.4, 0.5) is 0 Å². The number of nitrogens with zero attached hydrogens (tertiary/aromatic N) is 2. The van der Waals surface area contributed by atoms with Gasteiger partial charge in [0.15, 0.2) is 0 Å². The van der Waals surface area contributed by atoms with E-state index in [4.69, 9.17) is 0 Å². The Kier molecular flexibility index (Phi) is 6.61. The Morgan fingerprint density at radius 1 is 1.38 bits per heavy atom. The maximum atomic E-state index is 4.52. The van der Waals surface area contributed by atoms with Crippen molar-refractivity contribution in [2.24, 2.45) is 0 Å². The Morgan fingerprint density at radius 2 is 2.19 bits per heavy atom. The number of rotatable bonds is 8. The van der Waals surface area contributed by atoms with Crippen LogP contribution in [0.2, 0.25) is 0 Å². The zero-order valence-electron chi connectivity index (χ0n) is 10.6. The fraction of sp³-hybridized carbons (Fsp3) is 0.750. The largest absolute Gasteiger partial charge is 0.311 e. The molecule has 0 spiro atoms. The Balaban J connectivity index is 2.02. The van der Waals surface area contributed by atoms with E-state index in [0.29, 0.717) is 0 Å². The number of thiazole rings is 1. The summed E-state index contributed by atoms with van der Waals surface area (Å²) in [6.45, 7) is 5.33. The van der Waals surface area contributed by atoms with E-state index in [0.717, 1.165) is 19.5 Å². The molecule has 0 saturated heterocycles. The van der Waals surface area contributed by atoms with E-state index in [1.165, 1.54) is 30.1 Å². The minimum absolute atomic E-state index is 0.915. The van der Waals surface area contributed by atoms with Gasteiger partial charge in [-0.25, -0.2) is 4.98 Å². The van der Waals surface area contributed by atoms with Crippen LogP contribution in [0.15, 0.2) is 5.38 Å². The molecule has 0 atom stereocenters. The first kappa shape index (κ1) is 13.6. The normalized spacial score (nSPS) is 11.2. The number of hydrogen-bond donors (Lipinski definition) is 1. The van der Waals surface area contributed by atoms with E-state index in [-0.39, 0.29) is 0 Å². The smallest absolute Gasteiger partial charge is 0.0926 e. The second-order valence-electron chi connectivity index (χ2n) is 4.27. The van der Waals surface area contributed by atoms with Crippen molar-refractivity contribution in [2.45, 2.75) is 32.7 Å². The van der Waals surface area contributed by atoms with E-state index in [1.807, 2.05) is 0 Å². The van der Waals surface area contributed by atoms with Gasteiger partial charge in [-0.1, -0.05) is 6.92 Å². The number of hydrogen-bond acceptors (Lipinski definition) is 4. The topological polar surface area (TPSA) is 28.2 Å². The van der Waals surface area contributed by atoms with Gasteiger partial charge in [0.05, 0.1) is 10.7 Å². The van der Waals surface area contributed by atoms with Gasteiger partial charge in [-0.15, -0.1) is 11.3 Å². The molecule has 0 aliphatic rings. The third kappa shape index (κ3) is 5.58. The molecule has 1 aromatic rings. The average molecular weight is 241 g/mol. The van der Waals surface area contributed by atoms with Crippen LogP contribution in [0.25, 0.3) is 0 Å². The lowest BCUT2D eigenvalue weighted by Crippen LogP contribution is -2.18. The van der Waals surface area contributed by atoms with Crippen molar-refractivity contribution < 1.29 is 0 Å². The van der Waals surface area contributed by atoms with E-state index >= 15 is 0 Å². The molecule has 3 nitrogen and oxygen atoms in total. The van der Waals surface area contributed by atoms with Crippen molar-refractivity contribution in [3.63, 3.8) is 0 Å². The van der Waals surface area contributed by atoms with Crippen molar-refractivity contribution in [3.8, 4) is 0 Å². The van der Waals surface area contributed by atoms with Crippen LogP contribution in [0.1, 0.15) is 30.5 Å². The number of unbranched alkanes of at least 4 members (excludes halogenated alkanes) is 1. The molecule has 0 radical (unpaired) electrons. The summed E-state index contributed by atoms with van der Waals surface area (Å²) in [5.74, 6) is 0. The highest BCUT2D eigenvalue weighted by Gasteiger charge is 1.99. The molecule has 0 aliphatic heterocycles. The Labute approximate surface area is 103 Å². The first-order valence-corrected chi connectivity index (χ1v) is 6.89. The Hall–Kier alpha value is -0.450. The molecule has 0 amide bonds. The molecule has 92 valence electrons. The number of nitrogens with one attached hydrogen (secondary N) is 1. The lowest BCUT2D eigenvalue weighted by Gasteiger charge is -2.08. The summed E-state index contributed by atoms with van der Waals surface area (Å²) in [6, 6.07) is 0. The summed E-state index contributed by atoms with van der Waals surface area (Å²) in [5.41, 5.74) is 1.19. The Bertz CT molecular complexity index is 284. The van der Waals surface area contributed by atoms with Gasteiger partial charge < -0.3 is 10.2 Å². The first-order chi connectivity index (χ1) is 7.72. The summed E-state index contributed by atoms with van der Waals surface area (Å²) in [7, 11) is 4.24. The molecule has 4 heteroatoms. The van der Waals surface area contributed by atoms with Crippen LogP contribution in [0.3, 0.4) is 0 Å². The van der Waals surface area contributed by atoms with E-state index in [9.17, 15) is 0 Å². The molecule has 1 aromatic heterocycles. The first-order valence-electron chi connectivity index (χ1n) is 6.01. The molecule has 1 heterocycles. The van der Waals surface area contributed by atoms with Gasteiger partial charge in [0.2, 0.25) is 0 Å². The molecule has 0 unspecified atom stereocenters. The SMILES string of the molecule is CCc1nc(CNCCCCN(C)C)cs1. The molecule has 0 aromatic carbocycles. The highest BCUT2D eigenvalue weighted by atomic mass is 32.1. The minimum Gasteiger partial charge on any atom is -0.311 e. The molecule has 0 bridgehead atoms. The van der Waals surface area contributed by atoms with Crippen molar-refractivity contribution in [1.29, 1.82) is 0 Å². The fourth-order valence-corrected chi connectivity index (χ4v) is 2.23. The second-order valence-corrected chi connectivity index (χ2v) is 5.22. The van der Waals surface area contributed by atoms with Crippen LogP contribution in [-0.2, 0) is 13.0 Å². The standard InChI is InChI=1S/C12H23N3S/c1-4-12-14-11(10-16-12)9-13-7-5-6-8-15(2)3/h10,13H,4-9H2,1-3H3. The van der Waals surface area contributed by atoms with Crippen molar-refractivity contribution in [1.82, 2.24) is 15.2 Å². The summed E-state index contributed by atoms with van der Waals surface area (Å²) < 4.78 is 0. The van der Waals surface area contributed by atoms with Crippen LogP contribution in [0, 0.1) is 0 Å². The molecule has 0 aliphatic carbocycles. The van der Waals surface area contributed by atoms with Crippen LogP contribution < -0.4 is 5.32 Å². The molecule has 0 fully saturated rings. The molecule has 1 N–H and O–H groups in total. The third-order valence-electron chi connectivity index (χ3n) is 2.42. The molecule has 16 heavy (non-hydrogen) atoms. The van der Waals surface area contributed by atoms with E-state index < -0.39 is 0 Å². The molecule has 0 saturated carbocycles.